The standard InChI is InChI=1S/C21H20N2O2S2/c1-14-5-10-18(15(2)12-14)23-20(24)13-27-17-8-6-16(7-9-17)22-21(25)19-4-3-11-26-19/h3-12H,13H2,1-2H3,(H,22,25)(H,23,24). The van der Waals surface area contributed by atoms with E-state index in [0.29, 0.717) is 10.6 Å². The van der Waals surface area contributed by atoms with E-state index < -0.39 is 0 Å². The molecular weight excluding hydrogens is 376 g/mol. The number of anilines is 2. The van der Waals surface area contributed by atoms with Gasteiger partial charge in [0, 0.05) is 16.3 Å². The van der Waals surface area contributed by atoms with Crippen molar-refractivity contribution in [3.05, 3.63) is 76.0 Å². The molecule has 0 aliphatic carbocycles. The lowest BCUT2D eigenvalue weighted by atomic mass is 10.1. The number of aryl methyl sites for hydroxylation is 2. The van der Waals surface area contributed by atoms with Crippen molar-refractivity contribution in [2.75, 3.05) is 16.4 Å². The number of benzene rings is 2. The van der Waals surface area contributed by atoms with Crippen LogP contribution in [0.15, 0.2) is 64.9 Å². The molecule has 3 aromatic rings. The molecule has 3 rings (SSSR count). The van der Waals surface area contributed by atoms with E-state index in [4.69, 9.17) is 0 Å². The largest absolute Gasteiger partial charge is 0.325 e. The SMILES string of the molecule is Cc1ccc(NC(=O)CSc2ccc(NC(=O)c3cccs3)cc2)c(C)c1. The molecule has 1 heterocycles. The van der Waals surface area contributed by atoms with Crippen molar-refractivity contribution in [2.45, 2.75) is 18.7 Å². The Balaban J connectivity index is 1.51. The first-order valence-electron chi connectivity index (χ1n) is 8.46. The van der Waals surface area contributed by atoms with Crippen molar-refractivity contribution < 1.29 is 9.59 Å². The maximum absolute atomic E-state index is 12.2. The van der Waals surface area contributed by atoms with Gasteiger partial charge in [-0.05, 0) is 61.2 Å². The Kier molecular flexibility index (Phi) is 6.32. The van der Waals surface area contributed by atoms with Crippen LogP contribution in [0, 0.1) is 13.8 Å². The monoisotopic (exact) mass is 396 g/mol. The molecule has 0 saturated heterocycles. The molecular formula is C21H20N2O2S2. The quantitative estimate of drug-likeness (QED) is 0.552. The van der Waals surface area contributed by atoms with Crippen molar-refractivity contribution in [3.63, 3.8) is 0 Å². The molecule has 1 aromatic heterocycles. The van der Waals surface area contributed by atoms with Crippen LogP contribution in [0.4, 0.5) is 11.4 Å². The van der Waals surface area contributed by atoms with Gasteiger partial charge in [-0.2, -0.15) is 0 Å². The van der Waals surface area contributed by atoms with E-state index in [1.54, 1.807) is 6.07 Å². The van der Waals surface area contributed by atoms with Gasteiger partial charge in [0.05, 0.1) is 10.6 Å². The summed E-state index contributed by atoms with van der Waals surface area (Å²) in [6.07, 6.45) is 0. The third kappa shape index (κ3) is 5.45. The highest BCUT2D eigenvalue weighted by atomic mass is 32.2. The summed E-state index contributed by atoms with van der Waals surface area (Å²) in [7, 11) is 0. The Morgan fingerprint density at radius 2 is 1.78 bits per heavy atom. The minimum Gasteiger partial charge on any atom is -0.325 e. The fourth-order valence-corrected chi connectivity index (χ4v) is 3.84. The van der Waals surface area contributed by atoms with Crippen LogP contribution in [0.3, 0.4) is 0 Å². The molecule has 0 aliphatic heterocycles. The normalized spacial score (nSPS) is 10.4. The highest BCUT2D eigenvalue weighted by Gasteiger charge is 2.08. The van der Waals surface area contributed by atoms with Gasteiger partial charge in [0.25, 0.3) is 5.91 Å². The molecule has 0 saturated carbocycles. The molecule has 0 unspecified atom stereocenters. The fourth-order valence-electron chi connectivity index (χ4n) is 2.52. The Bertz CT molecular complexity index is 935. The van der Waals surface area contributed by atoms with Gasteiger partial charge in [-0.25, -0.2) is 0 Å². The number of thioether (sulfide) groups is 1. The molecule has 27 heavy (non-hydrogen) atoms. The van der Waals surface area contributed by atoms with E-state index >= 15 is 0 Å². The summed E-state index contributed by atoms with van der Waals surface area (Å²) in [5.41, 5.74) is 3.81. The van der Waals surface area contributed by atoms with Gasteiger partial charge in [-0.3, -0.25) is 9.59 Å². The second-order valence-corrected chi connectivity index (χ2v) is 8.11. The zero-order valence-corrected chi connectivity index (χ0v) is 16.7. The van der Waals surface area contributed by atoms with Gasteiger partial charge in [0.15, 0.2) is 0 Å². The molecule has 138 valence electrons. The van der Waals surface area contributed by atoms with Gasteiger partial charge in [0.2, 0.25) is 5.91 Å². The average molecular weight is 397 g/mol. The van der Waals surface area contributed by atoms with Gasteiger partial charge in [-0.15, -0.1) is 23.1 Å². The topological polar surface area (TPSA) is 58.2 Å². The zero-order chi connectivity index (χ0) is 19.2. The van der Waals surface area contributed by atoms with E-state index in [9.17, 15) is 9.59 Å². The molecule has 2 aromatic carbocycles. The molecule has 2 N–H and O–H groups in total. The summed E-state index contributed by atoms with van der Waals surface area (Å²) in [6.45, 7) is 4.01. The first kappa shape index (κ1) is 19.2. The van der Waals surface area contributed by atoms with Crippen molar-refractivity contribution in [2.24, 2.45) is 0 Å². The average Bonchev–Trinajstić information content (AvgIpc) is 3.18. The number of hydrogen-bond acceptors (Lipinski definition) is 4. The minimum absolute atomic E-state index is 0.0398. The summed E-state index contributed by atoms with van der Waals surface area (Å²) in [5.74, 6) is 0.175. The number of amides is 2. The molecule has 0 fully saturated rings. The zero-order valence-electron chi connectivity index (χ0n) is 15.1. The van der Waals surface area contributed by atoms with E-state index in [1.165, 1.54) is 28.7 Å². The predicted molar refractivity (Wildman–Crippen MR) is 114 cm³/mol. The number of carbonyl (C=O) groups excluding carboxylic acids is 2. The Morgan fingerprint density at radius 3 is 2.44 bits per heavy atom. The second kappa shape index (κ2) is 8.88. The molecule has 0 radical (unpaired) electrons. The fraction of sp³-hybridized carbons (Fsp3) is 0.143. The Morgan fingerprint density at radius 1 is 1.00 bits per heavy atom. The number of rotatable bonds is 6. The van der Waals surface area contributed by atoms with Crippen LogP contribution in [0.1, 0.15) is 20.8 Å². The van der Waals surface area contributed by atoms with Gasteiger partial charge in [0.1, 0.15) is 0 Å². The lowest BCUT2D eigenvalue weighted by Gasteiger charge is -2.09. The Labute approximate surface area is 167 Å². The third-order valence-corrected chi connectivity index (χ3v) is 5.76. The smallest absolute Gasteiger partial charge is 0.265 e. The van der Waals surface area contributed by atoms with Crippen LogP contribution < -0.4 is 10.6 Å². The van der Waals surface area contributed by atoms with Crippen LogP contribution >= 0.6 is 23.1 Å². The maximum atomic E-state index is 12.2. The molecule has 0 bridgehead atoms. The summed E-state index contributed by atoms with van der Waals surface area (Å²) in [5, 5.41) is 7.68. The lowest BCUT2D eigenvalue weighted by molar-refractivity contribution is -0.113. The van der Waals surface area contributed by atoms with Gasteiger partial charge in [-0.1, -0.05) is 23.8 Å². The van der Waals surface area contributed by atoms with Crippen LogP contribution in [0.5, 0.6) is 0 Å². The van der Waals surface area contributed by atoms with Gasteiger partial charge < -0.3 is 10.6 Å². The highest BCUT2D eigenvalue weighted by Crippen LogP contribution is 2.22. The summed E-state index contributed by atoms with van der Waals surface area (Å²) in [4.78, 5) is 25.9. The van der Waals surface area contributed by atoms with Crippen LogP contribution in [0.2, 0.25) is 0 Å². The minimum atomic E-state index is -0.113. The van der Waals surface area contributed by atoms with E-state index in [1.807, 2.05) is 67.8 Å². The first-order valence-corrected chi connectivity index (χ1v) is 10.3. The molecule has 2 amide bonds. The number of carbonyl (C=O) groups is 2. The van der Waals surface area contributed by atoms with E-state index in [0.717, 1.165) is 21.8 Å². The molecule has 0 spiro atoms. The summed E-state index contributed by atoms with van der Waals surface area (Å²) < 4.78 is 0. The lowest BCUT2D eigenvalue weighted by Crippen LogP contribution is -2.14. The van der Waals surface area contributed by atoms with Crippen molar-refractivity contribution in [1.29, 1.82) is 0 Å². The maximum Gasteiger partial charge on any atom is 0.265 e. The number of nitrogens with one attached hydrogen (secondary N) is 2. The van der Waals surface area contributed by atoms with Crippen molar-refractivity contribution >= 4 is 46.3 Å². The predicted octanol–water partition coefficient (Wildman–Crippen LogP) is 5.35. The molecule has 0 aliphatic rings. The highest BCUT2D eigenvalue weighted by molar-refractivity contribution is 8.00. The van der Waals surface area contributed by atoms with E-state index in [2.05, 4.69) is 10.6 Å². The third-order valence-electron chi connectivity index (χ3n) is 3.88. The first-order chi connectivity index (χ1) is 13.0. The van der Waals surface area contributed by atoms with Crippen molar-refractivity contribution in [3.8, 4) is 0 Å². The number of hydrogen-bond donors (Lipinski definition) is 2. The second-order valence-electron chi connectivity index (χ2n) is 6.11. The molecule has 0 atom stereocenters. The van der Waals surface area contributed by atoms with E-state index in [-0.39, 0.29) is 11.8 Å². The number of thiophene rings is 1. The summed E-state index contributed by atoms with van der Waals surface area (Å²) in [6, 6.07) is 17.1. The Hall–Kier alpha value is -2.57. The van der Waals surface area contributed by atoms with Gasteiger partial charge >= 0.3 is 0 Å². The molecule has 6 heteroatoms. The van der Waals surface area contributed by atoms with Crippen LogP contribution in [-0.4, -0.2) is 17.6 Å². The summed E-state index contributed by atoms with van der Waals surface area (Å²) >= 11 is 2.87. The van der Waals surface area contributed by atoms with Crippen molar-refractivity contribution in [1.82, 2.24) is 0 Å². The van der Waals surface area contributed by atoms with Crippen LogP contribution in [-0.2, 0) is 4.79 Å². The molecule has 4 nitrogen and oxygen atoms in total. The van der Waals surface area contributed by atoms with Crippen LogP contribution in [0.25, 0.3) is 0 Å².